The van der Waals surface area contributed by atoms with Gasteiger partial charge in [0, 0.05) is 24.1 Å². The zero-order valence-corrected chi connectivity index (χ0v) is 15.7. The molecule has 142 valence electrons. The maximum Gasteiger partial charge on any atom is 0.337 e. The largest absolute Gasteiger partial charge is 0.465 e. The molecule has 0 bridgehead atoms. The summed E-state index contributed by atoms with van der Waals surface area (Å²) >= 11 is 0. The third-order valence-corrected chi connectivity index (χ3v) is 4.29. The highest BCUT2D eigenvalue weighted by Gasteiger charge is 2.09. The van der Waals surface area contributed by atoms with Gasteiger partial charge in [-0.05, 0) is 54.4 Å². The van der Waals surface area contributed by atoms with E-state index in [9.17, 15) is 9.59 Å². The fraction of sp³-hybridized carbons (Fsp3) is 0.136. The zero-order chi connectivity index (χ0) is 19.9. The van der Waals surface area contributed by atoms with Gasteiger partial charge in [0.25, 0.3) is 5.91 Å². The number of nitrogens with one attached hydrogen (secondary N) is 2. The molecule has 6 heteroatoms. The van der Waals surface area contributed by atoms with Crippen LogP contribution in [0, 0.1) is 6.92 Å². The molecule has 0 fully saturated rings. The van der Waals surface area contributed by atoms with E-state index in [2.05, 4.69) is 20.4 Å². The Balaban J connectivity index is 1.65. The van der Waals surface area contributed by atoms with Crippen LogP contribution in [0.15, 0.2) is 66.9 Å². The van der Waals surface area contributed by atoms with Crippen molar-refractivity contribution in [2.75, 3.05) is 12.4 Å². The second-order valence-electron chi connectivity index (χ2n) is 6.23. The van der Waals surface area contributed by atoms with Crippen molar-refractivity contribution in [1.29, 1.82) is 0 Å². The monoisotopic (exact) mass is 375 g/mol. The molecule has 0 atom stereocenters. The number of benzene rings is 2. The predicted molar refractivity (Wildman–Crippen MR) is 108 cm³/mol. The molecule has 2 aromatic carbocycles. The van der Waals surface area contributed by atoms with Crippen LogP contribution in [-0.4, -0.2) is 24.0 Å². The molecule has 28 heavy (non-hydrogen) atoms. The molecule has 3 rings (SSSR count). The lowest BCUT2D eigenvalue weighted by Gasteiger charge is -2.10. The molecule has 0 aliphatic carbocycles. The van der Waals surface area contributed by atoms with Crippen LogP contribution in [0.1, 0.15) is 32.0 Å². The van der Waals surface area contributed by atoms with Crippen LogP contribution >= 0.6 is 0 Å². The van der Waals surface area contributed by atoms with E-state index in [1.54, 1.807) is 42.6 Å². The molecular weight excluding hydrogens is 354 g/mol. The van der Waals surface area contributed by atoms with Crippen LogP contribution in [0.4, 0.5) is 11.4 Å². The zero-order valence-electron chi connectivity index (χ0n) is 15.7. The van der Waals surface area contributed by atoms with Crippen molar-refractivity contribution < 1.29 is 14.3 Å². The van der Waals surface area contributed by atoms with Crippen molar-refractivity contribution in [1.82, 2.24) is 10.3 Å². The minimum atomic E-state index is -0.386. The third-order valence-electron chi connectivity index (χ3n) is 4.29. The summed E-state index contributed by atoms with van der Waals surface area (Å²) in [7, 11) is 1.34. The van der Waals surface area contributed by atoms with Crippen molar-refractivity contribution in [3.8, 4) is 0 Å². The van der Waals surface area contributed by atoms with E-state index in [1.807, 2.05) is 31.2 Å². The Morgan fingerprint density at radius 2 is 1.75 bits per heavy atom. The standard InChI is InChI=1S/C22H21N3O3/c1-15-5-3-4-6-17(15)14-24-21(26)20-13-19(11-12-23-20)25-18-9-7-16(8-10-18)22(27)28-2/h3-13H,14H2,1-2H3,(H,23,25)(H,24,26). The van der Waals surface area contributed by atoms with Gasteiger partial charge in [0.05, 0.1) is 12.7 Å². The number of rotatable bonds is 6. The summed E-state index contributed by atoms with van der Waals surface area (Å²) in [5.74, 6) is -0.629. The minimum Gasteiger partial charge on any atom is -0.465 e. The van der Waals surface area contributed by atoms with E-state index in [0.717, 1.165) is 22.5 Å². The van der Waals surface area contributed by atoms with Crippen LogP contribution in [0.2, 0.25) is 0 Å². The second kappa shape index (κ2) is 8.81. The third kappa shape index (κ3) is 4.73. The summed E-state index contributed by atoms with van der Waals surface area (Å²) in [6, 6.07) is 18.2. The molecule has 0 spiro atoms. The van der Waals surface area contributed by atoms with Gasteiger partial charge >= 0.3 is 5.97 Å². The molecule has 0 aliphatic rings. The molecule has 3 aromatic rings. The van der Waals surface area contributed by atoms with Crippen molar-refractivity contribution in [3.05, 3.63) is 89.2 Å². The smallest absolute Gasteiger partial charge is 0.337 e. The van der Waals surface area contributed by atoms with Gasteiger partial charge < -0.3 is 15.4 Å². The first-order valence-electron chi connectivity index (χ1n) is 8.81. The van der Waals surface area contributed by atoms with E-state index in [1.165, 1.54) is 7.11 Å². The lowest BCUT2D eigenvalue weighted by atomic mass is 10.1. The number of hydrogen-bond acceptors (Lipinski definition) is 5. The summed E-state index contributed by atoms with van der Waals surface area (Å²) in [6.07, 6.45) is 1.58. The summed E-state index contributed by atoms with van der Waals surface area (Å²) in [5.41, 5.74) is 4.49. The molecule has 1 amide bonds. The van der Waals surface area contributed by atoms with Gasteiger partial charge in [0.2, 0.25) is 0 Å². The number of hydrogen-bond donors (Lipinski definition) is 2. The van der Waals surface area contributed by atoms with Crippen molar-refractivity contribution in [2.45, 2.75) is 13.5 Å². The highest BCUT2D eigenvalue weighted by Crippen LogP contribution is 2.18. The first-order valence-corrected chi connectivity index (χ1v) is 8.81. The van der Waals surface area contributed by atoms with Gasteiger partial charge in [-0.2, -0.15) is 0 Å². The Hall–Kier alpha value is -3.67. The van der Waals surface area contributed by atoms with Crippen LogP contribution in [0.25, 0.3) is 0 Å². The number of methoxy groups -OCH3 is 1. The number of nitrogens with zero attached hydrogens (tertiary/aromatic N) is 1. The average molecular weight is 375 g/mol. The lowest BCUT2D eigenvalue weighted by molar-refractivity contribution is 0.0600. The number of anilines is 2. The highest BCUT2D eigenvalue weighted by atomic mass is 16.5. The summed E-state index contributed by atoms with van der Waals surface area (Å²) in [4.78, 5) is 28.1. The van der Waals surface area contributed by atoms with Crippen molar-refractivity contribution >= 4 is 23.3 Å². The van der Waals surface area contributed by atoms with Gasteiger partial charge in [-0.15, -0.1) is 0 Å². The molecular formula is C22H21N3O3. The normalized spacial score (nSPS) is 10.2. The maximum absolute atomic E-state index is 12.4. The fourth-order valence-corrected chi connectivity index (χ4v) is 2.68. The number of esters is 1. The molecule has 1 heterocycles. The van der Waals surface area contributed by atoms with E-state index < -0.39 is 0 Å². The second-order valence-corrected chi connectivity index (χ2v) is 6.23. The molecule has 0 saturated carbocycles. The van der Waals surface area contributed by atoms with Crippen molar-refractivity contribution in [3.63, 3.8) is 0 Å². The molecule has 1 aromatic heterocycles. The molecule has 6 nitrogen and oxygen atoms in total. The Bertz CT molecular complexity index is 984. The quantitative estimate of drug-likeness (QED) is 0.640. The predicted octanol–water partition coefficient (Wildman–Crippen LogP) is 3.85. The number of aryl methyl sites for hydroxylation is 1. The summed E-state index contributed by atoms with van der Waals surface area (Å²) in [6.45, 7) is 2.45. The Kier molecular flexibility index (Phi) is 6.01. The van der Waals surface area contributed by atoms with Crippen LogP contribution in [0.3, 0.4) is 0 Å². The Morgan fingerprint density at radius 3 is 2.46 bits per heavy atom. The number of carbonyl (C=O) groups excluding carboxylic acids is 2. The highest BCUT2D eigenvalue weighted by molar-refractivity contribution is 5.93. The lowest BCUT2D eigenvalue weighted by Crippen LogP contribution is -2.24. The molecule has 0 unspecified atom stereocenters. The van der Waals surface area contributed by atoms with E-state index in [-0.39, 0.29) is 11.9 Å². The number of pyridine rings is 1. The molecule has 0 saturated heterocycles. The van der Waals surface area contributed by atoms with Gasteiger partial charge in [0.1, 0.15) is 5.69 Å². The van der Waals surface area contributed by atoms with E-state index in [4.69, 9.17) is 0 Å². The number of ether oxygens (including phenoxy) is 1. The Morgan fingerprint density at radius 1 is 1.00 bits per heavy atom. The number of aromatic nitrogens is 1. The topological polar surface area (TPSA) is 80.3 Å². The Labute approximate surface area is 163 Å². The van der Waals surface area contributed by atoms with E-state index >= 15 is 0 Å². The summed E-state index contributed by atoms with van der Waals surface area (Å²) < 4.78 is 4.69. The van der Waals surface area contributed by atoms with Gasteiger partial charge in [-0.3, -0.25) is 9.78 Å². The molecule has 0 aliphatic heterocycles. The first kappa shape index (κ1) is 19.1. The summed E-state index contributed by atoms with van der Waals surface area (Å²) in [5, 5.41) is 6.09. The van der Waals surface area contributed by atoms with E-state index in [0.29, 0.717) is 17.8 Å². The number of amides is 1. The van der Waals surface area contributed by atoms with Crippen LogP contribution in [0.5, 0.6) is 0 Å². The SMILES string of the molecule is COC(=O)c1ccc(Nc2ccnc(C(=O)NCc3ccccc3C)c2)cc1. The maximum atomic E-state index is 12.4. The minimum absolute atomic E-state index is 0.243. The average Bonchev–Trinajstić information content (AvgIpc) is 2.73. The van der Waals surface area contributed by atoms with Crippen LogP contribution < -0.4 is 10.6 Å². The number of carbonyl (C=O) groups is 2. The van der Waals surface area contributed by atoms with Crippen LogP contribution in [-0.2, 0) is 11.3 Å². The molecule has 2 N–H and O–H groups in total. The fourth-order valence-electron chi connectivity index (χ4n) is 2.68. The first-order chi connectivity index (χ1) is 13.6. The van der Waals surface area contributed by atoms with Gasteiger partial charge in [-0.1, -0.05) is 24.3 Å². The van der Waals surface area contributed by atoms with Gasteiger partial charge in [0.15, 0.2) is 0 Å². The van der Waals surface area contributed by atoms with Crippen molar-refractivity contribution in [2.24, 2.45) is 0 Å². The van der Waals surface area contributed by atoms with Gasteiger partial charge in [-0.25, -0.2) is 4.79 Å². The molecule has 0 radical (unpaired) electrons.